The molecule has 0 aliphatic carbocycles. The lowest BCUT2D eigenvalue weighted by molar-refractivity contribution is -0.367. The third-order valence-electron chi connectivity index (χ3n) is 4.64. The molecule has 33 heavy (non-hydrogen) atoms. The minimum atomic E-state index is -5.03. The van der Waals surface area contributed by atoms with E-state index in [4.69, 9.17) is 4.74 Å². The number of nitrogens with one attached hydrogen (secondary N) is 1. The number of aryl methyl sites for hydroxylation is 1. The molecule has 9 nitrogen and oxygen atoms in total. The van der Waals surface area contributed by atoms with Crippen molar-refractivity contribution in [2.45, 2.75) is 38.4 Å². The highest BCUT2D eigenvalue weighted by Crippen LogP contribution is 2.42. The number of fused-ring (bicyclic) bond motifs is 1. The fraction of sp³-hybridized carbons (Fsp3) is 0.500. The summed E-state index contributed by atoms with van der Waals surface area (Å²) in [4.78, 5) is 17.0. The van der Waals surface area contributed by atoms with Crippen molar-refractivity contribution in [3.63, 3.8) is 0 Å². The first-order chi connectivity index (χ1) is 15.4. The first-order valence-electron chi connectivity index (χ1n) is 9.55. The van der Waals surface area contributed by atoms with E-state index in [-0.39, 0.29) is 23.3 Å². The van der Waals surface area contributed by atoms with Crippen molar-refractivity contribution in [1.82, 2.24) is 15.9 Å². The zero-order valence-electron chi connectivity index (χ0n) is 17.0. The summed E-state index contributed by atoms with van der Waals surface area (Å²) in [5.74, 6) is -2.50. The van der Waals surface area contributed by atoms with Gasteiger partial charge in [0.1, 0.15) is 11.5 Å². The lowest BCUT2D eigenvalue weighted by atomic mass is 9.97. The Morgan fingerprint density at radius 3 is 2.52 bits per heavy atom. The largest absolute Gasteiger partial charge is 0.573 e. The van der Waals surface area contributed by atoms with Gasteiger partial charge in [-0.15, -0.1) is 13.2 Å². The minimum absolute atomic E-state index is 0.0197. The van der Waals surface area contributed by atoms with Gasteiger partial charge in [-0.05, 0) is 41.9 Å². The molecule has 2 aliphatic heterocycles. The topological polar surface area (TPSA) is 92.7 Å². The zero-order chi connectivity index (χ0) is 24.4. The second-order valence-corrected chi connectivity index (χ2v) is 6.92. The van der Waals surface area contributed by atoms with E-state index in [0.717, 1.165) is 24.6 Å². The molecule has 15 heteroatoms. The number of esters is 1. The molecule has 1 aromatic rings. The predicted molar refractivity (Wildman–Crippen MR) is 95.9 cm³/mol. The maximum absolute atomic E-state index is 13.6. The summed E-state index contributed by atoms with van der Waals surface area (Å²) in [6.45, 7) is 1.67. The number of rotatable bonds is 8. The average Bonchev–Trinajstić information content (AvgIpc) is 2.66. The lowest BCUT2D eigenvalue weighted by Crippen LogP contribution is -2.55. The number of nitrogens with zero attached hydrogens (tertiary/aromatic N) is 2. The van der Waals surface area contributed by atoms with Gasteiger partial charge in [0.05, 0.1) is 5.57 Å². The molecular weight excluding hydrogens is 468 g/mol. The predicted octanol–water partition coefficient (Wildman–Crippen LogP) is 3.10. The Bertz CT molecular complexity index is 903. The molecule has 0 saturated carbocycles. The third kappa shape index (κ3) is 6.26. The van der Waals surface area contributed by atoms with E-state index in [1.807, 2.05) is 5.59 Å². The number of hydrogen-bond donors (Lipinski definition) is 2. The molecule has 1 saturated heterocycles. The Hall–Kier alpha value is -2.59. The van der Waals surface area contributed by atoms with E-state index in [2.05, 4.69) is 14.3 Å². The van der Waals surface area contributed by atoms with Crippen LogP contribution in [0, 0.1) is 0 Å². The van der Waals surface area contributed by atoms with Crippen molar-refractivity contribution in [3.05, 3.63) is 28.8 Å². The first kappa shape index (κ1) is 25.0. The molecule has 0 spiro atoms. The normalized spacial score (nSPS) is 18.8. The molecule has 2 N–H and O–H groups in total. The van der Waals surface area contributed by atoms with Gasteiger partial charge in [-0.1, -0.05) is 12.5 Å². The summed E-state index contributed by atoms with van der Waals surface area (Å²) in [5, 5.41) is 11.4. The van der Waals surface area contributed by atoms with E-state index in [0.29, 0.717) is 18.4 Å². The van der Waals surface area contributed by atoms with Crippen LogP contribution in [0.1, 0.15) is 24.5 Å². The number of hydrogen-bond acceptors (Lipinski definition) is 9. The van der Waals surface area contributed by atoms with Crippen molar-refractivity contribution in [1.29, 1.82) is 0 Å². The first-order valence-corrected chi connectivity index (χ1v) is 9.55. The van der Waals surface area contributed by atoms with Crippen LogP contribution in [0.5, 0.6) is 11.5 Å². The summed E-state index contributed by atoms with van der Waals surface area (Å²) < 4.78 is 92.0. The summed E-state index contributed by atoms with van der Waals surface area (Å²) >= 11 is 0. The molecule has 0 bridgehead atoms. The quantitative estimate of drug-likeness (QED) is 0.189. The fourth-order valence-electron chi connectivity index (χ4n) is 3.02. The Labute approximate surface area is 182 Å². The molecule has 1 aromatic carbocycles. The molecule has 2 aliphatic rings. The second-order valence-electron chi connectivity index (χ2n) is 6.92. The number of alkyl halides is 6. The highest BCUT2D eigenvalue weighted by molar-refractivity contribution is 5.96. The van der Waals surface area contributed by atoms with Crippen molar-refractivity contribution in [2.75, 3.05) is 19.9 Å². The zero-order valence-corrected chi connectivity index (χ0v) is 17.0. The summed E-state index contributed by atoms with van der Waals surface area (Å²) in [6, 6.07) is 1.71. The number of halogens is 6. The van der Waals surface area contributed by atoms with Crippen molar-refractivity contribution in [3.8, 4) is 11.5 Å². The average molecular weight is 487 g/mol. The maximum Gasteiger partial charge on any atom is 0.573 e. The molecule has 0 unspecified atom stereocenters. The van der Waals surface area contributed by atoms with E-state index in [1.54, 1.807) is 0 Å². The minimum Gasteiger partial charge on any atom is -0.475 e. The fourth-order valence-corrected chi connectivity index (χ4v) is 3.02. The van der Waals surface area contributed by atoms with Gasteiger partial charge in [-0.2, -0.15) is 13.2 Å². The highest BCUT2D eigenvalue weighted by atomic mass is 19.4. The number of carbonyl (C=O) groups is 1. The number of benzene rings is 1. The number of hydrazine groups is 2. The molecule has 0 radical (unpaired) electrons. The molecule has 184 valence electrons. The summed E-state index contributed by atoms with van der Waals surface area (Å²) in [5.41, 5.74) is 0.777. The molecule has 2 heterocycles. The Morgan fingerprint density at radius 2 is 1.97 bits per heavy atom. The van der Waals surface area contributed by atoms with Crippen molar-refractivity contribution >= 4 is 12.0 Å². The number of carbonyl (C=O) groups excluding carboxylic acids is 1. The maximum atomic E-state index is 13.6. The van der Waals surface area contributed by atoms with Gasteiger partial charge in [0, 0.05) is 18.7 Å². The van der Waals surface area contributed by atoms with Crippen LogP contribution in [0.4, 0.5) is 26.3 Å². The van der Waals surface area contributed by atoms with E-state index >= 15 is 0 Å². The second kappa shape index (κ2) is 9.72. The molecule has 0 aromatic heterocycles. The van der Waals surface area contributed by atoms with Gasteiger partial charge in [0.2, 0.25) is 12.9 Å². The van der Waals surface area contributed by atoms with Crippen LogP contribution in [0.15, 0.2) is 17.7 Å². The summed E-state index contributed by atoms with van der Waals surface area (Å²) in [7, 11) is 0. The van der Waals surface area contributed by atoms with Crippen LogP contribution in [0.2, 0.25) is 0 Å². The Balaban J connectivity index is 1.79. The van der Waals surface area contributed by atoms with E-state index in [1.165, 1.54) is 11.9 Å². The van der Waals surface area contributed by atoms with Crippen LogP contribution >= 0.6 is 0 Å². The molecular formula is C18H19F6N3O6. The van der Waals surface area contributed by atoms with Gasteiger partial charge < -0.3 is 14.2 Å². The van der Waals surface area contributed by atoms with Crippen LogP contribution in [-0.4, -0.2) is 60.0 Å². The van der Waals surface area contributed by atoms with Crippen LogP contribution in [0.25, 0.3) is 6.08 Å². The Morgan fingerprint density at radius 1 is 1.27 bits per heavy atom. The smallest absolute Gasteiger partial charge is 0.475 e. The lowest BCUT2D eigenvalue weighted by Gasteiger charge is -2.35. The SMILES string of the molecule is CCc1cc(OC(F)(F)F)cc2c1O[C@H](C(F)(F)F)C(C(=O)OCONN(O)N1CCC1)=C2. The third-order valence-corrected chi connectivity index (χ3v) is 4.64. The van der Waals surface area contributed by atoms with E-state index < -0.39 is 42.7 Å². The number of ether oxygens (including phenoxy) is 3. The van der Waals surface area contributed by atoms with Gasteiger partial charge in [0.25, 0.3) is 0 Å². The highest BCUT2D eigenvalue weighted by Gasteiger charge is 2.49. The molecule has 3 rings (SSSR count). The molecule has 0 amide bonds. The van der Waals surface area contributed by atoms with Gasteiger partial charge in [-0.3, -0.25) is 5.21 Å². The van der Waals surface area contributed by atoms with Crippen LogP contribution in [-0.2, 0) is 20.8 Å². The van der Waals surface area contributed by atoms with Crippen molar-refractivity contribution < 1.29 is 55.4 Å². The van der Waals surface area contributed by atoms with Crippen LogP contribution < -0.4 is 15.1 Å². The summed E-state index contributed by atoms with van der Waals surface area (Å²) in [6.07, 6.45) is -11.2. The van der Waals surface area contributed by atoms with Gasteiger partial charge in [-0.25, -0.2) is 14.6 Å². The van der Waals surface area contributed by atoms with Crippen LogP contribution in [0.3, 0.4) is 0 Å². The Kier molecular flexibility index (Phi) is 7.38. The van der Waals surface area contributed by atoms with Gasteiger partial charge in [0.15, 0.2) is 0 Å². The standard InChI is InChI=1S/C18H19F6N3O6/c1-2-10-6-12(33-18(22,23)24)7-11-8-13(15(17(19,20)21)32-14(10)11)16(28)30-9-31-25-27(29)26-4-3-5-26/h6-8,15,25,29H,2-5,9H2,1H3/t15-/m0/s1. The van der Waals surface area contributed by atoms with E-state index in [9.17, 15) is 36.3 Å². The molecule has 1 atom stereocenters. The van der Waals surface area contributed by atoms with Crippen molar-refractivity contribution in [2.24, 2.45) is 0 Å². The monoisotopic (exact) mass is 487 g/mol. The molecule has 1 fully saturated rings. The van der Waals surface area contributed by atoms with Gasteiger partial charge >= 0.3 is 18.5 Å².